The number of benzene rings is 1. The van der Waals surface area contributed by atoms with Gasteiger partial charge < -0.3 is 20.4 Å². The maximum absolute atomic E-state index is 11.7. The van der Waals surface area contributed by atoms with Crippen molar-refractivity contribution in [1.82, 2.24) is 9.97 Å². The second-order valence-electron chi connectivity index (χ2n) is 5.30. The monoisotopic (exact) mass is 346 g/mol. The van der Waals surface area contributed by atoms with E-state index < -0.39 is 9.84 Å². The number of ether oxygens (including phenoxy) is 1. The number of hydrogen-bond donors (Lipinski definition) is 3. The Bertz CT molecular complexity index is 996. The topological polar surface area (TPSA) is 96.1 Å². The lowest BCUT2D eigenvalue weighted by Gasteiger charge is -2.13. The number of pyridine rings is 1. The van der Waals surface area contributed by atoms with Gasteiger partial charge in [0.1, 0.15) is 17.2 Å². The van der Waals surface area contributed by atoms with E-state index >= 15 is 0 Å². The fourth-order valence-electron chi connectivity index (χ4n) is 2.45. The molecule has 3 aromatic rings. The van der Waals surface area contributed by atoms with Gasteiger partial charge in [0.2, 0.25) is 0 Å². The molecule has 0 amide bonds. The molecule has 0 aliphatic carbocycles. The average molecular weight is 346 g/mol. The first kappa shape index (κ1) is 16.1. The molecule has 0 fully saturated rings. The Morgan fingerprint density at radius 3 is 2.62 bits per heavy atom. The van der Waals surface area contributed by atoms with E-state index in [9.17, 15) is 8.42 Å². The van der Waals surface area contributed by atoms with E-state index in [1.54, 1.807) is 6.07 Å². The summed E-state index contributed by atoms with van der Waals surface area (Å²) in [6, 6.07) is 8.50. The van der Waals surface area contributed by atoms with E-state index in [1.807, 2.05) is 25.4 Å². The molecule has 0 aliphatic heterocycles. The van der Waals surface area contributed by atoms with E-state index in [0.29, 0.717) is 17.3 Å². The van der Waals surface area contributed by atoms with Crippen LogP contribution in [0.3, 0.4) is 0 Å². The Labute approximate surface area is 140 Å². The first-order chi connectivity index (χ1) is 11.4. The summed E-state index contributed by atoms with van der Waals surface area (Å²) in [5.74, 6) is 1.04. The number of hydrogen-bond acceptors (Lipinski definition) is 6. The highest BCUT2D eigenvalue weighted by Crippen LogP contribution is 2.32. The Morgan fingerprint density at radius 1 is 1.17 bits per heavy atom. The van der Waals surface area contributed by atoms with E-state index in [-0.39, 0.29) is 4.90 Å². The molecule has 0 saturated carbocycles. The van der Waals surface area contributed by atoms with Crippen molar-refractivity contribution >= 4 is 38.1 Å². The third-order valence-electron chi connectivity index (χ3n) is 3.66. The molecule has 0 atom stereocenters. The van der Waals surface area contributed by atoms with Gasteiger partial charge in [-0.05, 0) is 18.2 Å². The van der Waals surface area contributed by atoms with Gasteiger partial charge in [0.05, 0.1) is 17.7 Å². The third-order valence-corrected chi connectivity index (χ3v) is 4.77. The molecule has 0 unspecified atom stereocenters. The number of nitrogens with one attached hydrogen (secondary N) is 3. The normalized spacial score (nSPS) is 11.5. The van der Waals surface area contributed by atoms with Crippen molar-refractivity contribution in [2.75, 3.05) is 31.0 Å². The lowest BCUT2D eigenvalue weighted by Crippen LogP contribution is -2.02. The molecule has 126 valence electrons. The molecule has 1 aromatic carbocycles. The summed E-state index contributed by atoms with van der Waals surface area (Å²) >= 11 is 0. The van der Waals surface area contributed by atoms with Gasteiger partial charge in [-0.25, -0.2) is 13.4 Å². The predicted molar refractivity (Wildman–Crippen MR) is 95.0 cm³/mol. The van der Waals surface area contributed by atoms with Gasteiger partial charge in [-0.1, -0.05) is 0 Å². The summed E-state index contributed by atoms with van der Waals surface area (Å²) in [6.07, 6.45) is 2.98. The number of nitrogens with zero attached hydrogens (tertiary/aromatic N) is 1. The summed E-state index contributed by atoms with van der Waals surface area (Å²) in [5, 5.41) is 7.29. The van der Waals surface area contributed by atoms with Gasteiger partial charge in [-0.2, -0.15) is 0 Å². The molecule has 2 aromatic heterocycles. The Kier molecular flexibility index (Phi) is 4.06. The zero-order chi connectivity index (χ0) is 17.3. The van der Waals surface area contributed by atoms with Crippen LogP contribution in [0.25, 0.3) is 11.0 Å². The maximum Gasteiger partial charge on any atom is 0.175 e. The summed E-state index contributed by atoms with van der Waals surface area (Å²) in [6.45, 7) is 0. The van der Waals surface area contributed by atoms with Gasteiger partial charge in [-0.3, -0.25) is 0 Å². The molecule has 24 heavy (non-hydrogen) atoms. The Balaban J connectivity index is 2.02. The van der Waals surface area contributed by atoms with E-state index in [4.69, 9.17) is 4.74 Å². The highest BCUT2D eigenvalue weighted by Gasteiger charge is 2.13. The van der Waals surface area contributed by atoms with Crippen LogP contribution in [0.1, 0.15) is 0 Å². The van der Waals surface area contributed by atoms with Crippen molar-refractivity contribution in [2.45, 2.75) is 4.90 Å². The summed E-state index contributed by atoms with van der Waals surface area (Å²) in [5.41, 5.74) is 2.30. The number of anilines is 3. The van der Waals surface area contributed by atoms with Crippen molar-refractivity contribution < 1.29 is 13.2 Å². The van der Waals surface area contributed by atoms with Gasteiger partial charge in [0.25, 0.3) is 0 Å². The Hall–Kier alpha value is -2.74. The number of aromatic nitrogens is 2. The molecular formula is C16H18N4O3S. The van der Waals surface area contributed by atoms with Gasteiger partial charge >= 0.3 is 0 Å². The molecule has 8 heteroatoms. The minimum atomic E-state index is -3.30. The van der Waals surface area contributed by atoms with Crippen molar-refractivity contribution in [3.63, 3.8) is 0 Å². The fourth-order valence-corrected chi connectivity index (χ4v) is 3.09. The zero-order valence-electron chi connectivity index (χ0n) is 13.5. The molecule has 0 aliphatic rings. The van der Waals surface area contributed by atoms with Crippen LogP contribution < -0.4 is 15.4 Å². The number of fused-ring (bicyclic) bond motifs is 1. The molecule has 3 N–H and O–H groups in total. The van der Waals surface area contributed by atoms with Crippen molar-refractivity contribution in [3.8, 4) is 5.75 Å². The minimum absolute atomic E-state index is 0.202. The molecular weight excluding hydrogens is 328 g/mol. The van der Waals surface area contributed by atoms with Gasteiger partial charge in [0.15, 0.2) is 9.84 Å². The van der Waals surface area contributed by atoms with Crippen LogP contribution in [-0.2, 0) is 9.84 Å². The van der Waals surface area contributed by atoms with Crippen LogP contribution in [0.15, 0.2) is 41.4 Å². The van der Waals surface area contributed by atoms with Crippen molar-refractivity contribution in [2.24, 2.45) is 0 Å². The summed E-state index contributed by atoms with van der Waals surface area (Å²) in [4.78, 5) is 7.78. The smallest absolute Gasteiger partial charge is 0.175 e. The molecule has 7 nitrogen and oxygen atoms in total. The van der Waals surface area contributed by atoms with Crippen LogP contribution in [0, 0.1) is 0 Å². The molecule has 2 heterocycles. The van der Waals surface area contributed by atoms with Crippen LogP contribution in [-0.4, -0.2) is 38.8 Å². The fraction of sp³-hybridized carbons (Fsp3) is 0.188. The number of rotatable bonds is 5. The molecule has 3 rings (SSSR count). The molecule has 0 saturated heterocycles. The highest BCUT2D eigenvalue weighted by atomic mass is 32.2. The quantitative estimate of drug-likeness (QED) is 0.657. The third kappa shape index (κ3) is 3.00. The van der Waals surface area contributed by atoms with Crippen LogP contribution in [0.2, 0.25) is 0 Å². The Morgan fingerprint density at radius 2 is 1.96 bits per heavy atom. The molecule has 0 radical (unpaired) electrons. The van der Waals surface area contributed by atoms with Crippen molar-refractivity contribution in [3.05, 3.63) is 36.5 Å². The van der Waals surface area contributed by atoms with E-state index in [1.165, 1.54) is 19.2 Å². The number of sulfone groups is 1. The molecule has 0 bridgehead atoms. The minimum Gasteiger partial charge on any atom is -0.495 e. The highest BCUT2D eigenvalue weighted by molar-refractivity contribution is 7.90. The lowest BCUT2D eigenvalue weighted by atomic mass is 10.2. The first-order valence-electron chi connectivity index (χ1n) is 7.23. The SMILES string of the molecule is CNc1cc(Nc2ccc(S(C)(=O)=O)cc2OC)nc2[nH]ccc12. The maximum atomic E-state index is 11.7. The predicted octanol–water partition coefficient (Wildman–Crippen LogP) is 2.76. The van der Waals surface area contributed by atoms with Gasteiger partial charge in [0, 0.05) is 42.7 Å². The van der Waals surface area contributed by atoms with Crippen LogP contribution in [0.4, 0.5) is 17.2 Å². The average Bonchev–Trinajstić information content (AvgIpc) is 3.01. The van der Waals surface area contributed by atoms with Crippen molar-refractivity contribution in [1.29, 1.82) is 0 Å². The molecule has 0 spiro atoms. The lowest BCUT2D eigenvalue weighted by molar-refractivity contribution is 0.415. The first-order valence-corrected chi connectivity index (χ1v) is 9.12. The number of methoxy groups -OCH3 is 1. The summed E-state index contributed by atoms with van der Waals surface area (Å²) < 4.78 is 28.6. The zero-order valence-corrected chi connectivity index (χ0v) is 14.4. The number of aromatic amines is 1. The summed E-state index contributed by atoms with van der Waals surface area (Å²) in [7, 11) is 0.0382. The second kappa shape index (κ2) is 6.04. The van der Waals surface area contributed by atoms with E-state index in [0.717, 1.165) is 23.0 Å². The van der Waals surface area contributed by atoms with E-state index in [2.05, 4.69) is 20.6 Å². The number of H-pyrrole nitrogens is 1. The largest absolute Gasteiger partial charge is 0.495 e. The second-order valence-corrected chi connectivity index (χ2v) is 7.32. The van der Waals surface area contributed by atoms with Crippen LogP contribution >= 0.6 is 0 Å². The van der Waals surface area contributed by atoms with Crippen LogP contribution in [0.5, 0.6) is 5.75 Å². The van der Waals surface area contributed by atoms with Gasteiger partial charge in [-0.15, -0.1) is 0 Å². The standard InChI is InChI=1S/C16H18N4O3S/c1-17-13-9-15(20-16-11(13)6-7-18-16)19-12-5-4-10(24(3,21)22)8-14(12)23-2/h4-9H,1-3H3,(H3,17,18,19,20).